The van der Waals surface area contributed by atoms with Gasteiger partial charge in [-0.1, -0.05) is 48.5 Å². The maximum Gasteiger partial charge on any atom is 0.300 e. The van der Waals surface area contributed by atoms with Crippen molar-refractivity contribution in [3.8, 4) is 0 Å². The molecule has 0 spiro atoms. The zero-order chi connectivity index (χ0) is 16.1. The second kappa shape index (κ2) is 7.07. The van der Waals surface area contributed by atoms with E-state index in [9.17, 15) is 10.1 Å². The molecule has 0 bridgehead atoms. The van der Waals surface area contributed by atoms with Crippen LogP contribution < -0.4 is 0 Å². The smallest absolute Gasteiger partial charge is 0.300 e. The predicted molar refractivity (Wildman–Crippen MR) is 89.1 cm³/mol. The summed E-state index contributed by atoms with van der Waals surface area (Å²) in [6.07, 6.45) is 0. The van der Waals surface area contributed by atoms with Crippen molar-refractivity contribution < 1.29 is 9.66 Å². The van der Waals surface area contributed by atoms with Gasteiger partial charge in [-0.05, 0) is 12.1 Å². The zero-order valence-corrected chi connectivity index (χ0v) is 12.7. The lowest BCUT2D eigenvalue weighted by Crippen LogP contribution is -2.36. The molecule has 0 aromatic heterocycles. The van der Waals surface area contributed by atoms with Gasteiger partial charge in [0.15, 0.2) is 0 Å². The van der Waals surface area contributed by atoms with Crippen LogP contribution in [0.1, 0.15) is 11.1 Å². The number of rotatable bonds is 4. The number of hydrogen-bond acceptors (Lipinski definition) is 4. The van der Waals surface area contributed by atoms with E-state index in [1.807, 2.05) is 53.4 Å². The Morgan fingerprint density at radius 3 is 1.96 bits per heavy atom. The number of benzene rings is 2. The molecule has 0 aliphatic carbocycles. The highest BCUT2D eigenvalue weighted by Gasteiger charge is 2.27. The van der Waals surface area contributed by atoms with Crippen molar-refractivity contribution in [3.63, 3.8) is 0 Å². The van der Waals surface area contributed by atoms with E-state index in [0.29, 0.717) is 37.6 Å². The number of morpholine rings is 1. The Morgan fingerprint density at radius 2 is 1.43 bits per heavy atom. The summed E-state index contributed by atoms with van der Waals surface area (Å²) in [6.45, 7) is 2.45. The Hall–Kier alpha value is -2.66. The van der Waals surface area contributed by atoms with E-state index in [2.05, 4.69) is 0 Å². The highest BCUT2D eigenvalue weighted by Crippen LogP contribution is 2.30. The minimum atomic E-state index is -0.285. The van der Waals surface area contributed by atoms with Crippen LogP contribution in [0.5, 0.6) is 0 Å². The normalized spacial score (nSPS) is 15.9. The number of hydrogen-bond donors (Lipinski definition) is 0. The highest BCUT2D eigenvalue weighted by atomic mass is 16.6. The first-order chi connectivity index (χ1) is 11.3. The van der Waals surface area contributed by atoms with Gasteiger partial charge in [0.25, 0.3) is 5.70 Å². The van der Waals surface area contributed by atoms with E-state index >= 15 is 0 Å². The summed E-state index contributed by atoms with van der Waals surface area (Å²) in [5.74, 6) is 0. The topological polar surface area (TPSA) is 55.6 Å². The molecule has 1 fully saturated rings. The van der Waals surface area contributed by atoms with Gasteiger partial charge in [0.2, 0.25) is 0 Å². The van der Waals surface area contributed by atoms with E-state index in [1.165, 1.54) is 0 Å². The molecule has 1 aliphatic heterocycles. The van der Waals surface area contributed by atoms with Gasteiger partial charge in [-0.2, -0.15) is 0 Å². The molecule has 1 heterocycles. The molecule has 2 aromatic rings. The van der Waals surface area contributed by atoms with Crippen LogP contribution in [0, 0.1) is 10.1 Å². The Bertz CT molecular complexity index is 693. The number of nitrogens with zero attached hydrogens (tertiary/aromatic N) is 2. The Labute approximate surface area is 135 Å². The molecule has 2 aromatic carbocycles. The average Bonchev–Trinajstić information content (AvgIpc) is 2.61. The lowest BCUT2D eigenvalue weighted by molar-refractivity contribution is -0.375. The molecule has 5 heteroatoms. The Balaban J connectivity index is 2.19. The van der Waals surface area contributed by atoms with Crippen molar-refractivity contribution in [2.45, 2.75) is 0 Å². The van der Waals surface area contributed by atoms with Crippen molar-refractivity contribution in [1.29, 1.82) is 0 Å². The van der Waals surface area contributed by atoms with Crippen molar-refractivity contribution in [2.75, 3.05) is 26.3 Å². The number of ether oxygens (including phenoxy) is 1. The first kappa shape index (κ1) is 15.2. The summed E-state index contributed by atoms with van der Waals surface area (Å²) in [6, 6.07) is 18.6. The van der Waals surface area contributed by atoms with Gasteiger partial charge in [0, 0.05) is 18.7 Å². The van der Waals surface area contributed by atoms with Crippen LogP contribution in [-0.4, -0.2) is 36.1 Å². The van der Waals surface area contributed by atoms with Crippen LogP contribution in [0.25, 0.3) is 11.4 Å². The molecule has 5 nitrogen and oxygen atoms in total. The van der Waals surface area contributed by atoms with Crippen LogP contribution in [0.2, 0.25) is 0 Å². The quantitative estimate of drug-likeness (QED) is 0.494. The fraction of sp³-hybridized carbons (Fsp3) is 0.222. The summed E-state index contributed by atoms with van der Waals surface area (Å²) in [7, 11) is 0. The standard InChI is InChI=1S/C18H18N2O3/c21-20(22)18(16-9-5-2-6-10-16)17(15-7-3-1-4-8-15)19-11-13-23-14-12-19/h1-10H,11-14H2/b18-17-. The summed E-state index contributed by atoms with van der Waals surface area (Å²) in [5.41, 5.74) is 2.26. The molecular formula is C18H18N2O3. The molecular weight excluding hydrogens is 292 g/mol. The van der Waals surface area contributed by atoms with Gasteiger partial charge in [0.05, 0.1) is 23.7 Å². The second-order valence-electron chi connectivity index (χ2n) is 5.29. The molecule has 0 radical (unpaired) electrons. The van der Waals surface area contributed by atoms with Crippen LogP contribution in [0.4, 0.5) is 0 Å². The monoisotopic (exact) mass is 310 g/mol. The molecule has 0 N–H and O–H groups in total. The highest BCUT2D eigenvalue weighted by molar-refractivity contribution is 5.85. The SMILES string of the molecule is O=[N+]([O-])/C(=C(/c1ccccc1)N1CCOCC1)c1ccccc1. The Morgan fingerprint density at radius 1 is 0.913 bits per heavy atom. The summed E-state index contributed by atoms with van der Waals surface area (Å²) in [4.78, 5) is 13.6. The molecule has 1 aliphatic rings. The molecule has 1 saturated heterocycles. The first-order valence-corrected chi connectivity index (χ1v) is 7.59. The van der Waals surface area contributed by atoms with E-state index in [1.54, 1.807) is 12.1 Å². The fourth-order valence-corrected chi connectivity index (χ4v) is 2.78. The molecule has 0 atom stereocenters. The zero-order valence-electron chi connectivity index (χ0n) is 12.7. The van der Waals surface area contributed by atoms with E-state index in [4.69, 9.17) is 4.74 Å². The summed E-state index contributed by atoms with van der Waals surface area (Å²) in [5, 5.41) is 11.8. The van der Waals surface area contributed by atoms with E-state index in [0.717, 1.165) is 5.56 Å². The van der Waals surface area contributed by atoms with Gasteiger partial charge in [-0.3, -0.25) is 10.1 Å². The molecule has 0 amide bonds. The fourth-order valence-electron chi connectivity index (χ4n) is 2.78. The molecule has 0 saturated carbocycles. The van der Waals surface area contributed by atoms with E-state index in [-0.39, 0.29) is 10.6 Å². The minimum Gasteiger partial charge on any atom is -0.378 e. The maximum absolute atomic E-state index is 11.8. The third kappa shape index (κ3) is 3.40. The van der Waals surface area contributed by atoms with Gasteiger partial charge in [-0.15, -0.1) is 0 Å². The summed E-state index contributed by atoms with van der Waals surface area (Å²) < 4.78 is 5.40. The third-order valence-electron chi connectivity index (χ3n) is 3.83. The molecule has 3 rings (SSSR count). The predicted octanol–water partition coefficient (Wildman–Crippen LogP) is 3.12. The van der Waals surface area contributed by atoms with Crippen molar-refractivity contribution >= 4 is 11.4 Å². The molecule has 0 unspecified atom stereocenters. The van der Waals surface area contributed by atoms with Gasteiger partial charge in [0.1, 0.15) is 5.70 Å². The van der Waals surface area contributed by atoms with E-state index < -0.39 is 0 Å². The maximum atomic E-state index is 11.8. The third-order valence-corrected chi connectivity index (χ3v) is 3.83. The molecule has 118 valence electrons. The first-order valence-electron chi connectivity index (χ1n) is 7.59. The van der Waals surface area contributed by atoms with Gasteiger partial charge >= 0.3 is 0 Å². The van der Waals surface area contributed by atoms with Crippen LogP contribution >= 0.6 is 0 Å². The summed E-state index contributed by atoms with van der Waals surface area (Å²) >= 11 is 0. The largest absolute Gasteiger partial charge is 0.378 e. The van der Waals surface area contributed by atoms with Gasteiger partial charge in [-0.25, -0.2) is 0 Å². The van der Waals surface area contributed by atoms with Crippen LogP contribution in [0.3, 0.4) is 0 Å². The van der Waals surface area contributed by atoms with Crippen LogP contribution in [-0.2, 0) is 4.74 Å². The van der Waals surface area contributed by atoms with Crippen molar-refractivity contribution in [1.82, 2.24) is 4.90 Å². The lowest BCUT2D eigenvalue weighted by Gasteiger charge is -2.31. The Kier molecular flexibility index (Phi) is 4.68. The number of nitro groups is 1. The van der Waals surface area contributed by atoms with Gasteiger partial charge < -0.3 is 9.64 Å². The average molecular weight is 310 g/mol. The lowest BCUT2D eigenvalue weighted by atomic mass is 10.0. The molecule has 23 heavy (non-hydrogen) atoms. The van der Waals surface area contributed by atoms with Crippen molar-refractivity contribution in [3.05, 3.63) is 81.9 Å². The minimum absolute atomic E-state index is 0.138. The van der Waals surface area contributed by atoms with Crippen LogP contribution in [0.15, 0.2) is 60.7 Å². The van der Waals surface area contributed by atoms with Crippen molar-refractivity contribution in [2.24, 2.45) is 0 Å². The second-order valence-corrected chi connectivity index (χ2v) is 5.29.